The molecule has 6 heteroatoms. The van der Waals surface area contributed by atoms with E-state index in [1.165, 1.54) is 4.88 Å². The Morgan fingerprint density at radius 1 is 1.55 bits per heavy atom. The zero-order valence-electron chi connectivity index (χ0n) is 12.6. The van der Waals surface area contributed by atoms with E-state index in [2.05, 4.69) is 10.3 Å². The molecule has 0 radical (unpaired) electrons. The van der Waals surface area contributed by atoms with Gasteiger partial charge in [-0.3, -0.25) is 0 Å². The van der Waals surface area contributed by atoms with E-state index >= 15 is 0 Å². The quantitative estimate of drug-likeness (QED) is 0.565. The molecule has 1 aromatic heterocycles. The summed E-state index contributed by atoms with van der Waals surface area (Å²) < 4.78 is 5.46. The second-order valence-corrected chi connectivity index (χ2v) is 6.26. The summed E-state index contributed by atoms with van der Waals surface area (Å²) in [6, 6.07) is 0. The van der Waals surface area contributed by atoms with Crippen LogP contribution in [0.3, 0.4) is 0 Å². The van der Waals surface area contributed by atoms with Crippen molar-refractivity contribution in [1.82, 2.24) is 10.3 Å². The number of nitrogens with one attached hydrogen (secondary N) is 1. The van der Waals surface area contributed by atoms with Gasteiger partial charge in [-0.25, -0.2) is 4.98 Å². The first-order valence-corrected chi connectivity index (χ1v) is 7.90. The van der Waals surface area contributed by atoms with Gasteiger partial charge in [0.2, 0.25) is 0 Å². The van der Waals surface area contributed by atoms with Gasteiger partial charge in [0.15, 0.2) is 0 Å². The third-order valence-electron chi connectivity index (χ3n) is 3.28. The molecule has 2 atom stereocenters. The summed E-state index contributed by atoms with van der Waals surface area (Å²) in [5.74, 6) is 0. The number of thiazole rings is 1. The fraction of sp³-hybridized carbons (Fsp3) is 0.786. The summed E-state index contributed by atoms with van der Waals surface area (Å²) >= 11 is 1.63. The van der Waals surface area contributed by atoms with Crippen LogP contribution in [0.2, 0.25) is 0 Å². The van der Waals surface area contributed by atoms with Crippen molar-refractivity contribution in [3.05, 3.63) is 16.1 Å². The zero-order valence-corrected chi connectivity index (χ0v) is 13.4. The highest BCUT2D eigenvalue weighted by atomic mass is 32.1. The first kappa shape index (κ1) is 17.5. The van der Waals surface area contributed by atoms with Gasteiger partial charge in [-0.2, -0.15) is 0 Å². The first-order valence-electron chi connectivity index (χ1n) is 7.02. The molecule has 0 aliphatic heterocycles. The van der Waals surface area contributed by atoms with Crippen LogP contribution in [-0.2, 0) is 11.2 Å². The smallest absolute Gasteiger partial charge is 0.0897 e. The average molecular weight is 302 g/mol. The molecule has 1 heterocycles. The molecule has 2 unspecified atom stereocenters. The number of hydrogen-bond donors (Lipinski definition) is 3. The van der Waals surface area contributed by atoms with Gasteiger partial charge in [-0.1, -0.05) is 6.92 Å². The van der Waals surface area contributed by atoms with Gasteiger partial charge in [0.1, 0.15) is 0 Å². The summed E-state index contributed by atoms with van der Waals surface area (Å²) in [4.78, 5) is 5.41. The zero-order chi connectivity index (χ0) is 15.0. The maximum absolute atomic E-state index is 9.80. The van der Waals surface area contributed by atoms with Crippen molar-refractivity contribution in [2.24, 2.45) is 0 Å². The van der Waals surface area contributed by atoms with Crippen molar-refractivity contribution in [2.75, 3.05) is 26.3 Å². The molecule has 0 bridgehead atoms. The lowest BCUT2D eigenvalue weighted by atomic mass is 10.0. The predicted octanol–water partition coefficient (Wildman–Crippen LogP) is 1.12. The van der Waals surface area contributed by atoms with Crippen molar-refractivity contribution < 1.29 is 14.9 Å². The van der Waals surface area contributed by atoms with E-state index < -0.39 is 11.7 Å². The fourth-order valence-corrected chi connectivity index (χ4v) is 2.40. The van der Waals surface area contributed by atoms with E-state index in [1.807, 2.05) is 19.4 Å². The minimum atomic E-state index is -0.718. The van der Waals surface area contributed by atoms with Crippen molar-refractivity contribution in [1.29, 1.82) is 0 Å². The Kier molecular flexibility index (Phi) is 7.61. The Hall–Kier alpha value is -0.530. The van der Waals surface area contributed by atoms with E-state index in [-0.39, 0.29) is 0 Å². The lowest BCUT2D eigenvalue weighted by Crippen LogP contribution is -2.41. The Morgan fingerprint density at radius 3 is 2.90 bits per heavy atom. The molecule has 0 aromatic carbocycles. The van der Waals surface area contributed by atoms with Gasteiger partial charge in [0.25, 0.3) is 0 Å². The number of nitrogens with zero attached hydrogens (tertiary/aromatic N) is 1. The Balaban J connectivity index is 2.06. The number of rotatable bonds is 10. The molecule has 0 amide bonds. The van der Waals surface area contributed by atoms with Crippen LogP contribution in [0.4, 0.5) is 0 Å². The van der Waals surface area contributed by atoms with Crippen LogP contribution in [0.15, 0.2) is 5.51 Å². The SMILES string of the molecule is CCC(C)(O)CNCC(O)COCCc1scnc1C. The van der Waals surface area contributed by atoms with Crippen LogP contribution in [0.25, 0.3) is 0 Å². The summed E-state index contributed by atoms with van der Waals surface area (Å²) in [5, 5.41) is 22.6. The monoisotopic (exact) mass is 302 g/mol. The average Bonchev–Trinajstić information content (AvgIpc) is 2.80. The molecule has 1 aromatic rings. The second kappa shape index (κ2) is 8.69. The van der Waals surface area contributed by atoms with Crippen LogP contribution in [0, 0.1) is 6.92 Å². The molecule has 5 nitrogen and oxygen atoms in total. The van der Waals surface area contributed by atoms with E-state index in [0.717, 1.165) is 12.1 Å². The third-order valence-corrected chi connectivity index (χ3v) is 4.27. The molecular formula is C14H26N2O3S. The van der Waals surface area contributed by atoms with Crippen molar-refractivity contribution in [3.63, 3.8) is 0 Å². The second-order valence-electron chi connectivity index (χ2n) is 5.32. The molecule has 0 aliphatic rings. The summed E-state index contributed by atoms with van der Waals surface area (Å²) in [6.07, 6.45) is 0.965. The van der Waals surface area contributed by atoms with Gasteiger partial charge in [-0.15, -0.1) is 11.3 Å². The van der Waals surface area contributed by atoms with E-state index in [1.54, 1.807) is 18.3 Å². The molecule has 0 saturated carbocycles. The molecule has 1 rings (SSSR count). The largest absolute Gasteiger partial charge is 0.389 e. The number of aliphatic hydroxyl groups is 2. The highest BCUT2D eigenvalue weighted by Gasteiger charge is 2.17. The molecule has 0 aliphatic carbocycles. The van der Waals surface area contributed by atoms with Crippen LogP contribution < -0.4 is 5.32 Å². The van der Waals surface area contributed by atoms with E-state index in [0.29, 0.717) is 32.7 Å². The number of ether oxygens (including phenoxy) is 1. The minimum absolute atomic E-state index is 0.305. The minimum Gasteiger partial charge on any atom is -0.389 e. The molecule has 116 valence electrons. The van der Waals surface area contributed by atoms with Crippen molar-refractivity contribution in [3.8, 4) is 0 Å². The van der Waals surface area contributed by atoms with Crippen molar-refractivity contribution in [2.45, 2.75) is 45.3 Å². The van der Waals surface area contributed by atoms with Crippen LogP contribution >= 0.6 is 11.3 Å². The molecule has 20 heavy (non-hydrogen) atoms. The van der Waals surface area contributed by atoms with E-state index in [9.17, 15) is 10.2 Å². The first-order chi connectivity index (χ1) is 9.44. The van der Waals surface area contributed by atoms with Gasteiger partial charge >= 0.3 is 0 Å². The van der Waals surface area contributed by atoms with Crippen LogP contribution in [0.5, 0.6) is 0 Å². The summed E-state index contributed by atoms with van der Waals surface area (Å²) in [5.41, 5.74) is 2.18. The Labute approximate surface area is 125 Å². The Bertz CT molecular complexity index is 382. The maximum Gasteiger partial charge on any atom is 0.0897 e. The number of aryl methyl sites for hydroxylation is 1. The predicted molar refractivity (Wildman–Crippen MR) is 81.2 cm³/mol. The maximum atomic E-state index is 9.80. The van der Waals surface area contributed by atoms with Gasteiger partial charge < -0.3 is 20.3 Å². The standard InChI is InChI=1S/C14H26N2O3S/c1-4-14(3,18)9-15-7-12(17)8-19-6-5-13-11(2)16-10-20-13/h10,12,15,17-18H,4-9H2,1-3H3. The highest BCUT2D eigenvalue weighted by Crippen LogP contribution is 2.12. The normalized spacial score (nSPS) is 16.1. The number of hydrogen-bond acceptors (Lipinski definition) is 6. The molecule has 0 saturated heterocycles. The number of aliphatic hydroxyl groups excluding tert-OH is 1. The van der Waals surface area contributed by atoms with Crippen molar-refractivity contribution >= 4 is 11.3 Å². The fourth-order valence-electron chi connectivity index (χ4n) is 1.64. The van der Waals surface area contributed by atoms with Crippen LogP contribution in [0.1, 0.15) is 30.8 Å². The molecular weight excluding hydrogens is 276 g/mol. The summed E-state index contributed by atoms with van der Waals surface area (Å²) in [6.45, 7) is 7.50. The third kappa shape index (κ3) is 6.76. The van der Waals surface area contributed by atoms with Gasteiger partial charge in [0, 0.05) is 24.4 Å². The lowest BCUT2D eigenvalue weighted by Gasteiger charge is -2.22. The molecule has 3 N–H and O–H groups in total. The number of aromatic nitrogens is 1. The lowest BCUT2D eigenvalue weighted by molar-refractivity contribution is 0.0267. The van der Waals surface area contributed by atoms with Crippen LogP contribution in [-0.4, -0.2) is 53.2 Å². The highest BCUT2D eigenvalue weighted by molar-refractivity contribution is 7.09. The summed E-state index contributed by atoms with van der Waals surface area (Å²) in [7, 11) is 0. The van der Waals surface area contributed by atoms with Gasteiger partial charge in [0.05, 0.1) is 36.1 Å². The topological polar surface area (TPSA) is 74.6 Å². The van der Waals surface area contributed by atoms with Gasteiger partial charge in [-0.05, 0) is 20.3 Å². The Morgan fingerprint density at radius 2 is 2.30 bits per heavy atom. The van der Waals surface area contributed by atoms with E-state index in [4.69, 9.17) is 4.74 Å². The molecule has 0 fully saturated rings. The molecule has 0 spiro atoms.